The summed E-state index contributed by atoms with van der Waals surface area (Å²) in [5, 5.41) is 61.9. The van der Waals surface area contributed by atoms with Gasteiger partial charge in [-0.2, -0.15) is 40.5 Å². The molecule has 0 spiro atoms. The Bertz CT molecular complexity index is 10200. The van der Waals surface area contributed by atoms with Gasteiger partial charge in [0.05, 0.1) is 126 Å². The monoisotopic (exact) mass is 2070 g/mol. The first-order valence-electron chi connectivity index (χ1n) is 42.5. The quantitative estimate of drug-likeness (QED) is 0.0435. The standard InChI is InChI=1S/C20H17N7O4S.C18H14N8O4S.C18H15N5O5S.C18H16N4O4S.C17H11N5O4S/c1-10-8-12(17-21-11(2)23-24-17)4-7-16(10)32(29,30)20-18-22-19(28)14-6-5-13(31-3)9-15(14)27(18)26-25-20;1-9-7-10(15-20-23-24-21-15)3-6-14(9)31(28,29)18-16-19-17(27)12-5-4-11(30-2)8-13(12)26(16)25-22-18;1-9-7-10(15(19)24)3-6-14(9)29(26,27)18-16-20-17(25)12-5-4-11(28-2)8-13(12)23(16)22-21-18;1-10-4-7-15(11(2)8-10)27(24,25)18-16-19-17(23)13-9-12(26-3)5-6-14(13)22(16)21-20-18;1-26-11-4-7-13-14(8-11)22-15(19-16(13)23)17(20-21-22)27(24,25)12-5-2-10(9-18)3-6-12/h4-9,26H,1-3H3,(H,21,23,24);3-8,25H,1-2H3,(H,20,21,23,24);3-8,22H,1-2H3,(H2,19,24);4-9,21H,1-3H3;2-8,21H,1H3. The molecule has 0 atom stereocenters. The van der Waals surface area contributed by atoms with E-state index in [1.807, 2.05) is 13.0 Å². The number of nitriles is 1. The fraction of sp³-hybridized carbons (Fsp3) is 0.121. The maximum absolute atomic E-state index is 13.5. The number of aromatic nitrogens is 27. The lowest BCUT2D eigenvalue weighted by Gasteiger charge is -2.07. The van der Waals surface area contributed by atoms with E-state index in [2.05, 4.69) is 112 Å². The molecular formula is C91H73N29O21S5. The maximum atomic E-state index is 13.5. The number of methoxy groups -OCH3 is 5. The van der Waals surface area contributed by atoms with Crippen LogP contribution in [0.4, 0.5) is 0 Å². The molecule has 55 heteroatoms. The Hall–Kier alpha value is -18.8. The number of rotatable bonds is 18. The third-order valence-corrected chi connectivity index (χ3v) is 32.0. The number of hydrogen-bond acceptors (Lipinski definition) is 37. The lowest BCUT2D eigenvalue weighted by atomic mass is 10.1. The number of carbonyl (C=O) groups excluding carboxylic acids is 1. The van der Waals surface area contributed by atoms with Gasteiger partial charge in [0.15, 0.2) is 34.1 Å². The SMILES string of the molecule is COc1ccc2c(=O)nc3c(S(=O)(=O)c4ccc(-c5n[nH]c(C)n5)cc4C)n[nH]n3c2c1.COc1ccc2c(=O)nc3c(S(=O)(=O)c4ccc(-c5nn[nH]n5)cc4C)n[nH]n3c2c1.COc1ccc2c(=O)nc3c(S(=O)(=O)c4ccc(C#N)cc4)n[nH]n3c2c1.COc1ccc2c(=O)nc3c(S(=O)(=O)c4ccc(C(N)=O)cc4C)n[nH]n3c2c1.COc1ccc2c(c1)c(=O)nc1c(S(=O)(=O)c3ccc(C)cc3C)n[nH]n12. The number of nitrogens with two attached hydrogens (primary N) is 1. The highest BCUT2D eigenvalue weighted by Crippen LogP contribution is 2.36. The number of amides is 1. The molecular weight excluding hydrogens is 2000 g/mol. The number of aryl methyl sites for hydroxylation is 6. The van der Waals surface area contributed by atoms with Crippen LogP contribution in [0.25, 0.3) is 106 Å². The first kappa shape index (κ1) is 97.4. The van der Waals surface area contributed by atoms with Crippen molar-refractivity contribution < 1.29 is 70.6 Å². The summed E-state index contributed by atoms with van der Waals surface area (Å²) in [5.74, 6) is 3.27. The maximum Gasteiger partial charge on any atom is 0.281 e. The van der Waals surface area contributed by atoms with E-state index in [1.165, 1.54) is 132 Å². The van der Waals surface area contributed by atoms with E-state index in [4.69, 9.17) is 34.7 Å². The van der Waals surface area contributed by atoms with Crippen molar-refractivity contribution in [3.05, 3.63) is 285 Å². The number of aromatic amines is 7. The fourth-order valence-electron chi connectivity index (χ4n) is 15.9. The molecule has 0 radical (unpaired) electrons. The molecule has 50 nitrogen and oxygen atoms in total. The van der Waals surface area contributed by atoms with Gasteiger partial charge in [0.2, 0.25) is 86.0 Å². The number of fused-ring (bicyclic) bond motifs is 15. The summed E-state index contributed by atoms with van der Waals surface area (Å²) in [7, 11) is -12.9. The average molecular weight is 2070 g/mol. The molecule has 0 bridgehead atoms. The number of primary amides is 1. The van der Waals surface area contributed by atoms with E-state index in [-0.39, 0.29) is 83.8 Å². The lowest BCUT2D eigenvalue weighted by molar-refractivity contribution is 0.1000. The zero-order chi connectivity index (χ0) is 104. The topological polar surface area (TPSA) is 695 Å². The van der Waals surface area contributed by atoms with Crippen LogP contribution in [0.15, 0.2) is 262 Å². The number of benzene rings is 10. The van der Waals surface area contributed by atoms with Crippen LogP contribution in [0.2, 0.25) is 0 Å². The molecule has 0 unspecified atom stereocenters. The summed E-state index contributed by atoms with van der Waals surface area (Å²) in [6.45, 7) is 10.2. The van der Waals surface area contributed by atoms with Crippen LogP contribution in [-0.2, 0) is 49.2 Å². The van der Waals surface area contributed by atoms with E-state index in [0.717, 1.165) is 5.56 Å². The molecule has 738 valence electrons. The molecule has 12 heterocycles. The Kier molecular flexibility index (Phi) is 25.1. The number of sulfone groups is 5. The number of H-pyrrole nitrogens is 7. The second kappa shape index (κ2) is 37.6. The summed E-state index contributed by atoms with van der Waals surface area (Å²) in [6, 6.07) is 49.7. The average Bonchev–Trinajstić information content (AvgIpc) is 1.53. The third kappa shape index (κ3) is 17.4. The molecule has 0 saturated heterocycles. The summed E-state index contributed by atoms with van der Waals surface area (Å²) < 4.78 is 165. The second-order valence-electron chi connectivity index (χ2n) is 32.1. The van der Waals surface area contributed by atoms with E-state index < -0.39 is 87.9 Å². The molecule has 0 aliphatic rings. The molecule has 22 rings (SSSR count). The highest BCUT2D eigenvalue weighted by molar-refractivity contribution is 7.92. The van der Waals surface area contributed by atoms with E-state index in [1.54, 1.807) is 149 Å². The minimum absolute atomic E-state index is 0.0220. The highest BCUT2D eigenvalue weighted by Gasteiger charge is 2.35. The molecule has 0 saturated carbocycles. The zero-order valence-electron chi connectivity index (χ0n) is 77.5. The molecule has 9 N–H and O–H groups in total. The van der Waals surface area contributed by atoms with Gasteiger partial charge < -0.3 is 29.4 Å². The number of carbonyl (C=O) groups is 1. The van der Waals surface area contributed by atoms with Crippen molar-refractivity contribution in [1.82, 2.24) is 135 Å². The fourth-order valence-corrected chi connectivity index (χ4v) is 23.0. The van der Waals surface area contributed by atoms with Crippen molar-refractivity contribution in [2.45, 2.75) is 91.1 Å². The van der Waals surface area contributed by atoms with Crippen LogP contribution in [0, 0.1) is 52.9 Å². The molecule has 10 aromatic carbocycles. The van der Waals surface area contributed by atoms with Gasteiger partial charge in [-0.05, 0) is 221 Å². The van der Waals surface area contributed by atoms with Crippen molar-refractivity contribution in [2.75, 3.05) is 35.5 Å². The van der Waals surface area contributed by atoms with Crippen LogP contribution in [0.1, 0.15) is 49.6 Å². The Morgan fingerprint density at radius 1 is 0.336 bits per heavy atom. The molecule has 146 heavy (non-hydrogen) atoms. The first-order valence-corrected chi connectivity index (χ1v) is 50.0. The van der Waals surface area contributed by atoms with Crippen LogP contribution in [0.3, 0.4) is 0 Å². The van der Waals surface area contributed by atoms with Gasteiger partial charge in [-0.1, -0.05) is 17.7 Å². The van der Waals surface area contributed by atoms with Gasteiger partial charge in [0.25, 0.3) is 27.8 Å². The van der Waals surface area contributed by atoms with Crippen molar-refractivity contribution in [2.24, 2.45) is 5.73 Å². The normalized spacial score (nSPS) is 11.8. The zero-order valence-corrected chi connectivity index (χ0v) is 81.6. The van der Waals surface area contributed by atoms with Crippen LogP contribution in [-0.4, -0.2) is 218 Å². The minimum atomic E-state index is -4.14. The second-order valence-corrected chi connectivity index (χ2v) is 41.3. The Morgan fingerprint density at radius 3 is 0.993 bits per heavy atom. The Labute approximate surface area is 818 Å². The van der Waals surface area contributed by atoms with E-state index in [0.29, 0.717) is 134 Å². The van der Waals surface area contributed by atoms with Gasteiger partial charge in [-0.15, -0.1) is 35.7 Å². The minimum Gasteiger partial charge on any atom is -0.497 e. The van der Waals surface area contributed by atoms with Crippen molar-refractivity contribution in [3.63, 3.8) is 0 Å². The van der Waals surface area contributed by atoms with Crippen molar-refractivity contribution >= 4 is 138 Å². The molecule has 0 aliphatic heterocycles. The van der Waals surface area contributed by atoms with Gasteiger partial charge in [0, 0.05) is 41.0 Å². The number of hydrogen-bond donors (Lipinski definition) is 8. The number of tetrazole rings is 1. The van der Waals surface area contributed by atoms with Crippen molar-refractivity contribution in [1.29, 1.82) is 5.26 Å². The largest absolute Gasteiger partial charge is 0.497 e. The summed E-state index contributed by atoms with van der Waals surface area (Å²) in [4.78, 5) is 97.7. The smallest absolute Gasteiger partial charge is 0.281 e. The lowest BCUT2D eigenvalue weighted by Crippen LogP contribution is -2.14. The number of nitrogens with one attached hydrogen (secondary N) is 7. The number of nitrogens with zero attached hydrogens (tertiary/aromatic N) is 21. The molecule has 0 aliphatic carbocycles. The third-order valence-electron chi connectivity index (χ3n) is 23.0. The van der Waals surface area contributed by atoms with Gasteiger partial charge >= 0.3 is 0 Å². The predicted octanol–water partition coefficient (Wildman–Crippen LogP) is 6.85. The van der Waals surface area contributed by atoms with E-state index in [9.17, 15) is 70.9 Å². The van der Waals surface area contributed by atoms with Gasteiger partial charge in [-0.25, -0.2) is 95.7 Å². The van der Waals surface area contributed by atoms with Gasteiger partial charge in [0.1, 0.15) is 34.6 Å². The van der Waals surface area contributed by atoms with Crippen LogP contribution >= 0.6 is 0 Å². The summed E-state index contributed by atoms with van der Waals surface area (Å²) >= 11 is 0. The van der Waals surface area contributed by atoms with Crippen LogP contribution in [0.5, 0.6) is 28.7 Å². The van der Waals surface area contributed by atoms with E-state index >= 15 is 0 Å². The van der Waals surface area contributed by atoms with Crippen molar-refractivity contribution in [3.8, 4) is 57.6 Å². The van der Waals surface area contributed by atoms with Gasteiger partial charge in [-0.3, -0.25) is 33.9 Å². The Balaban J connectivity index is 0.000000120. The Morgan fingerprint density at radius 2 is 0.664 bits per heavy atom. The molecule has 1 amide bonds. The highest BCUT2D eigenvalue weighted by atomic mass is 32.2. The molecule has 0 fully saturated rings. The summed E-state index contributed by atoms with van der Waals surface area (Å²) in [6.07, 6.45) is 0. The summed E-state index contributed by atoms with van der Waals surface area (Å²) in [5.41, 5.74) is 8.47. The first-order chi connectivity index (χ1) is 69.7. The predicted molar refractivity (Wildman–Crippen MR) is 518 cm³/mol. The number of ether oxygens (including phenoxy) is 5. The molecule has 22 aromatic rings. The van der Waals surface area contributed by atoms with Crippen LogP contribution < -0.4 is 57.2 Å². The molecule has 12 aromatic heterocycles.